The third-order valence-electron chi connectivity index (χ3n) is 4.68. The van der Waals surface area contributed by atoms with Gasteiger partial charge in [-0.3, -0.25) is 4.79 Å². The number of carbonyl (C=O) groups is 1. The van der Waals surface area contributed by atoms with E-state index >= 15 is 0 Å². The molecule has 3 heterocycles. The molecular weight excluding hydrogens is 384 g/mol. The van der Waals surface area contributed by atoms with E-state index in [1.54, 1.807) is 37.1 Å². The zero-order valence-electron chi connectivity index (χ0n) is 16.5. The van der Waals surface area contributed by atoms with E-state index < -0.39 is 0 Å². The van der Waals surface area contributed by atoms with Crippen LogP contribution >= 0.6 is 0 Å². The molecule has 1 amide bonds. The number of carbonyl (C=O) groups excluding carboxylic acids is 1. The summed E-state index contributed by atoms with van der Waals surface area (Å²) in [6.45, 7) is 0.353. The number of hydrogen-bond acceptors (Lipinski definition) is 7. The van der Waals surface area contributed by atoms with E-state index in [0.717, 1.165) is 16.9 Å². The van der Waals surface area contributed by atoms with Gasteiger partial charge in [-0.05, 0) is 29.8 Å². The Labute approximate surface area is 172 Å². The lowest BCUT2D eigenvalue weighted by molar-refractivity contribution is 0.0952. The van der Waals surface area contributed by atoms with E-state index in [-0.39, 0.29) is 11.7 Å². The number of pyridine rings is 1. The molecule has 9 nitrogen and oxygen atoms in total. The Balaban J connectivity index is 1.68. The van der Waals surface area contributed by atoms with Crippen LogP contribution in [-0.2, 0) is 6.54 Å². The smallest absolute Gasteiger partial charge is 0.253 e. The summed E-state index contributed by atoms with van der Waals surface area (Å²) < 4.78 is 12.0. The number of rotatable bonds is 6. The maximum atomic E-state index is 13.0. The third-order valence-corrected chi connectivity index (χ3v) is 4.68. The van der Waals surface area contributed by atoms with Crippen molar-refractivity contribution in [3.05, 3.63) is 66.1 Å². The number of nitrogen functional groups attached to an aromatic ring is 1. The SMILES string of the molecule is COc1ccc(CNC(=O)c2cc(-c3ccnc(OC)c3)n3ncnc(N)c23)cc1. The molecule has 0 bridgehead atoms. The van der Waals surface area contributed by atoms with Crippen molar-refractivity contribution < 1.29 is 14.3 Å². The molecule has 0 radical (unpaired) electrons. The van der Waals surface area contributed by atoms with Crippen LogP contribution in [0, 0.1) is 0 Å². The molecule has 0 saturated carbocycles. The summed E-state index contributed by atoms with van der Waals surface area (Å²) in [5.74, 6) is 1.14. The number of anilines is 1. The molecule has 0 atom stereocenters. The normalized spacial score (nSPS) is 10.7. The molecule has 0 aliphatic rings. The number of benzene rings is 1. The minimum Gasteiger partial charge on any atom is -0.497 e. The Morgan fingerprint density at radius 1 is 1.10 bits per heavy atom. The number of methoxy groups -OCH3 is 2. The lowest BCUT2D eigenvalue weighted by Crippen LogP contribution is -2.23. The van der Waals surface area contributed by atoms with Crippen molar-refractivity contribution in [2.45, 2.75) is 6.54 Å². The van der Waals surface area contributed by atoms with Gasteiger partial charge in [-0.25, -0.2) is 14.5 Å². The molecule has 0 fully saturated rings. The molecule has 0 unspecified atom stereocenters. The summed E-state index contributed by atoms with van der Waals surface area (Å²) in [6.07, 6.45) is 2.98. The van der Waals surface area contributed by atoms with Crippen LogP contribution in [0.5, 0.6) is 11.6 Å². The fourth-order valence-electron chi connectivity index (χ4n) is 3.15. The largest absolute Gasteiger partial charge is 0.497 e. The predicted octanol–water partition coefficient (Wildman–Crippen LogP) is 2.32. The van der Waals surface area contributed by atoms with Gasteiger partial charge in [0.15, 0.2) is 5.82 Å². The van der Waals surface area contributed by atoms with E-state index in [2.05, 4.69) is 20.4 Å². The number of nitrogens with one attached hydrogen (secondary N) is 1. The van der Waals surface area contributed by atoms with E-state index in [1.165, 1.54) is 6.33 Å². The van der Waals surface area contributed by atoms with E-state index in [0.29, 0.717) is 29.2 Å². The zero-order chi connectivity index (χ0) is 21.1. The number of fused-ring (bicyclic) bond motifs is 1. The Bertz CT molecular complexity index is 1200. The van der Waals surface area contributed by atoms with Crippen molar-refractivity contribution in [2.75, 3.05) is 20.0 Å². The molecule has 0 spiro atoms. The van der Waals surface area contributed by atoms with Gasteiger partial charge in [-0.1, -0.05) is 12.1 Å². The third kappa shape index (κ3) is 3.60. The van der Waals surface area contributed by atoms with Crippen LogP contribution in [0.1, 0.15) is 15.9 Å². The quantitative estimate of drug-likeness (QED) is 0.506. The second kappa shape index (κ2) is 8.08. The highest BCUT2D eigenvalue weighted by Crippen LogP contribution is 2.29. The summed E-state index contributed by atoms with van der Waals surface area (Å²) in [5.41, 5.74) is 9.30. The van der Waals surface area contributed by atoms with Crippen LogP contribution in [0.2, 0.25) is 0 Å². The van der Waals surface area contributed by atoms with Gasteiger partial charge < -0.3 is 20.5 Å². The maximum Gasteiger partial charge on any atom is 0.253 e. The van der Waals surface area contributed by atoms with Gasteiger partial charge in [0.1, 0.15) is 17.6 Å². The predicted molar refractivity (Wildman–Crippen MR) is 111 cm³/mol. The lowest BCUT2D eigenvalue weighted by Gasteiger charge is -2.06. The monoisotopic (exact) mass is 404 g/mol. The van der Waals surface area contributed by atoms with Crippen LogP contribution < -0.4 is 20.5 Å². The summed E-state index contributed by atoms with van der Waals surface area (Å²) >= 11 is 0. The first-order chi connectivity index (χ1) is 14.6. The molecule has 4 rings (SSSR count). The number of ether oxygens (including phenoxy) is 2. The first-order valence-corrected chi connectivity index (χ1v) is 9.14. The maximum absolute atomic E-state index is 13.0. The molecule has 9 heteroatoms. The minimum atomic E-state index is -0.280. The average Bonchev–Trinajstić information content (AvgIpc) is 3.19. The number of nitrogens with zero attached hydrogens (tertiary/aromatic N) is 4. The second-order valence-electron chi connectivity index (χ2n) is 6.47. The van der Waals surface area contributed by atoms with Crippen molar-refractivity contribution in [3.63, 3.8) is 0 Å². The first-order valence-electron chi connectivity index (χ1n) is 9.14. The molecular formula is C21H20N6O3. The fourth-order valence-corrected chi connectivity index (χ4v) is 3.15. The van der Waals surface area contributed by atoms with Crippen LogP contribution in [0.25, 0.3) is 16.8 Å². The van der Waals surface area contributed by atoms with Gasteiger partial charge in [0, 0.05) is 24.4 Å². The van der Waals surface area contributed by atoms with Gasteiger partial charge >= 0.3 is 0 Å². The number of hydrogen-bond donors (Lipinski definition) is 2. The average molecular weight is 404 g/mol. The van der Waals surface area contributed by atoms with Crippen LogP contribution in [-0.4, -0.2) is 39.7 Å². The van der Waals surface area contributed by atoms with Crippen LogP contribution in [0.3, 0.4) is 0 Å². The second-order valence-corrected chi connectivity index (χ2v) is 6.47. The highest BCUT2D eigenvalue weighted by atomic mass is 16.5. The van der Waals surface area contributed by atoms with Crippen molar-refractivity contribution in [3.8, 4) is 22.9 Å². The molecule has 152 valence electrons. The molecule has 1 aromatic carbocycles. The number of aromatic nitrogens is 4. The van der Waals surface area contributed by atoms with E-state index in [1.807, 2.05) is 30.3 Å². The van der Waals surface area contributed by atoms with Gasteiger partial charge in [-0.2, -0.15) is 5.10 Å². The summed E-state index contributed by atoms with van der Waals surface area (Å²) in [6, 6.07) is 12.8. The molecule has 30 heavy (non-hydrogen) atoms. The number of nitrogens with two attached hydrogens (primary N) is 1. The van der Waals surface area contributed by atoms with E-state index in [4.69, 9.17) is 15.2 Å². The Hall–Kier alpha value is -4.14. The minimum absolute atomic E-state index is 0.215. The molecule has 0 saturated heterocycles. The van der Waals surface area contributed by atoms with E-state index in [9.17, 15) is 4.79 Å². The molecule has 0 aliphatic heterocycles. The standard InChI is InChI=1S/C21H20N6O3/c1-29-15-5-3-13(4-6-15)11-24-21(28)16-10-17(14-7-8-23-18(9-14)30-2)27-19(16)20(22)25-12-26-27/h3-10,12H,11H2,1-2H3,(H,24,28)(H2,22,25,26). The topological polar surface area (TPSA) is 117 Å². The summed E-state index contributed by atoms with van der Waals surface area (Å²) in [4.78, 5) is 21.1. The molecule has 3 aromatic heterocycles. The molecule has 3 N–H and O–H groups in total. The van der Waals surface area contributed by atoms with Gasteiger partial charge in [0.25, 0.3) is 5.91 Å². The summed E-state index contributed by atoms with van der Waals surface area (Å²) in [7, 11) is 3.15. The van der Waals surface area contributed by atoms with Crippen molar-refractivity contribution in [1.29, 1.82) is 0 Å². The zero-order valence-corrected chi connectivity index (χ0v) is 16.5. The van der Waals surface area contributed by atoms with Crippen molar-refractivity contribution in [1.82, 2.24) is 24.9 Å². The Kier molecular flexibility index (Phi) is 5.17. The van der Waals surface area contributed by atoms with Gasteiger partial charge in [0.05, 0.1) is 25.5 Å². The van der Waals surface area contributed by atoms with Crippen molar-refractivity contribution in [2.24, 2.45) is 0 Å². The van der Waals surface area contributed by atoms with Gasteiger partial charge in [-0.15, -0.1) is 0 Å². The Morgan fingerprint density at radius 3 is 2.63 bits per heavy atom. The van der Waals surface area contributed by atoms with Crippen LogP contribution in [0.15, 0.2) is 55.0 Å². The molecule has 0 aliphatic carbocycles. The highest BCUT2D eigenvalue weighted by molar-refractivity contribution is 6.05. The summed E-state index contributed by atoms with van der Waals surface area (Å²) in [5, 5.41) is 7.20. The number of amides is 1. The van der Waals surface area contributed by atoms with Crippen molar-refractivity contribution >= 4 is 17.2 Å². The van der Waals surface area contributed by atoms with Gasteiger partial charge in [0.2, 0.25) is 5.88 Å². The Morgan fingerprint density at radius 2 is 1.90 bits per heavy atom. The lowest BCUT2D eigenvalue weighted by atomic mass is 10.1. The molecule has 4 aromatic rings. The first kappa shape index (κ1) is 19.2. The van der Waals surface area contributed by atoms with Crippen LogP contribution in [0.4, 0.5) is 5.82 Å². The highest BCUT2D eigenvalue weighted by Gasteiger charge is 2.20. The fraction of sp³-hybridized carbons (Fsp3) is 0.143.